The number of hydrogen-bond acceptors (Lipinski definition) is 4. The van der Waals surface area contributed by atoms with E-state index in [1.54, 1.807) is 33.3 Å². The number of benzene rings is 1. The molecule has 6 nitrogen and oxygen atoms in total. The molecule has 0 aliphatic heterocycles. The largest absolute Gasteiger partial charge is 0.493 e. The topological polar surface area (TPSA) is 76.5 Å². The van der Waals surface area contributed by atoms with Crippen molar-refractivity contribution in [2.75, 3.05) is 21.3 Å². The van der Waals surface area contributed by atoms with E-state index in [2.05, 4.69) is 10.0 Å². The molecule has 0 N–H and O–H groups in total. The first-order valence-electron chi connectivity index (χ1n) is 5.02. The molecule has 0 aliphatic rings. The van der Waals surface area contributed by atoms with Crippen molar-refractivity contribution in [3.63, 3.8) is 0 Å². The summed E-state index contributed by atoms with van der Waals surface area (Å²) in [6.07, 6.45) is 0. The highest BCUT2D eigenvalue weighted by Gasteiger charge is 2.15. The fourth-order valence-electron chi connectivity index (χ4n) is 1.49. The maximum absolute atomic E-state index is 8.42. The van der Waals surface area contributed by atoms with Gasteiger partial charge in [-0.3, -0.25) is 0 Å². The predicted octanol–water partition coefficient (Wildman–Crippen LogP) is 3.08. The first kappa shape index (κ1) is 13.0. The van der Waals surface area contributed by atoms with Crippen molar-refractivity contribution in [3.05, 3.63) is 28.1 Å². The van der Waals surface area contributed by atoms with Gasteiger partial charge in [-0.05, 0) is 23.2 Å². The van der Waals surface area contributed by atoms with Crippen molar-refractivity contribution in [2.24, 2.45) is 5.11 Å². The molecule has 0 radical (unpaired) electrons. The van der Waals surface area contributed by atoms with E-state index in [0.29, 0.717) is 17.2 Å². The average molecular weight is 237 g/mol. The van der Waals surface area contributed by atoms with Crippen molar-refractivity contribution in [3.8, 4) is 17.2 Å². The minimum Gasteiger partial charge on any atom is -0.493 e. The number of hydrogen-bond donors (Lipinski definition) is 0. The van der Waals surface area contributed by atoms with Crippen LogP contribution in [0, 0.1) is 0 Å². The summed E-state index contributed by atoms with van der Waals surface area (Å²) < 4.78 is 15.6. The summed E-state index contributed by atoms with van der Waals surface area (Å²) in [5.74, 6) is 1.61. The highest BCUT2D eigenvalue weighted by molar-refractivity contribution is 5.54. The van der Waals surface area contributed by atoms with E-state index in [-0.39, 0.29) is 6.04 Å². The Kier molecular flexibility index (Phi) is 4.48. The van der Waals surface area contributed by atoms with Gasteiger partial charge in [0.05, 0.1) is 27.4 Å². The third kappa shape index (κ3) is 2.73. The highest BCUT2D eigenvalue weighted by Crippen LogP contribution is 2.40. The number of ether oxygens (including phenoxy) is 3. The third-order valence-electron chi connectivity index (χ3n) is 2.39. The van der Waals surface area contributed by atoms with E-state index < -0.39 is 0 Å². The van der Waals surface area contributed by atoms with E-state index in [4.69, 9.17) is 19.7 Å². The van der Waals surface area contributed by atoms with E-state index in [1.165, 1.54) is 7.11 Å². The Morgan fingerprint density at radius 2 is 1.65 bits per heavy atom. The van der Waals surface area contributed by atoms with Crippen molar-refractivity contribution < 1.29 is 14.2 Å². The van der Waals surface area contributed by atoms with Crippen LogP contribution in [-0.4, -0.2) is 21.3 Å². The molecule has 92 valence electrons. The van der Waals surface area contributed by atoms with Crippen LogP contribution in [0.1, 0.15) is 18.5 Å². The maximum Gasteiger partial charge on any atom is 0.203 e. The van der Waals surface area contributed by atoms with Gasteiger partial charge in [-0.15, -0.1) is 0 Å². The highest BCUT2D eigenvalue weighted by atomic mass is 16.5. The zero-order valence-corrected chi connectivity index (χ0v) is 10.3. The number of rotatable bonds is 5. The van der Waals surface area contributed by atoms with Gasteiger partial charge in [-0.25, -0.2) is 0 Å². The molecule has 0 aromatic heterocycles. The molecule has 1 rings (SSSR count). The number of methoxy groups -OCH3 is 3. The zero-order valence-electron chi connectivity index (χ0n) is 10.3. The molecular formula is C11H15N3O3. The number of azide groups is 1. The first-order valence-corrected chi connectivity index (χ1v) is 5.02. The summed E-state index contributed by atoms with van der Waals surface area (Å²) in [6, 6.07) is 3.23. The van der Waals surface area contributed by atoms with Gasteiger partial charge in [-0.2, -0.15) is 0 Å². The second-order valence-corrected chi connectivity index (χ2v) is 3.34. The summed E-state index contributed by atoms with van der Waals surface area (Å²) >= 11 is 0. The van der Waals surface area contributed by atoms with Gasteiger partial charge in [0.25, 0.3) is 0 Å². The molecule has 0 heterocycles. The molecule has 0 saturated heterocycles. The lowest BCUT2D eigenvalue weighted by Gasteiger charge is -2.15. The Morgan fingerprint density at radius 1 is 1.12 bits per heavy atom. The van der Waals surface area contributed by atoms with Crippen LogP contribution in [0.4, 0.5) is 0 Å². The fourth-order valence-corrected chi connectivity index (χ4v) is 1.49. The van der Waals surface area contributed by atoms with Gasteiger partial charge >= 0.3 is 0 Å². The summed E-state index contributed by atoms with van der Waals surface area (Å²) in [5.41, 5.74) is 9.23. The molecule has 0 bridgehead atoms. The van der Waals surface area contributed by atoms with E-state index in [1.807, 2.05) is 0 Å². The van der Waals surface area contributed by atoms with Crippen molar-refractivity contribution in [1.82, 2.24) is 0 Å². The van der Waals surface area contributed by atoms with Gasteiger partial charge in [0, 0.05) is 4.91 Å². The predicted molar refractivity (Wildman–Crippen MR) is 63.7 cm³/mol. The maximum atomic E-state index is 8.42. The Bertz CT molecular complexity index is 417. The van der Waals surface area contributed by atoms with Crippen molar-refractivity contribution >= 4 is 0 Å². The third-order valence-corrected chi connectivity index (χ3v) is 2.39. The van der Waals surface area contributed by atoms with Crippen LogP contribution < -0.4 is 14.2 Å². The molecule has 1 atom stereocenters. The van der Waals surface area contributed by atoms with Crippen LogP contribution >= 0.6 is 0 Å². The first-order chi connectivity index (χ1) is 8.17. The lowest BCUT2D eigenvalue weighted by atomic mass is 10.1. The standard InChI is InChI=1S/C11H15N3O3/c1-7(13-14-12)8-5-9(15-2)11(17-4)10(6-8)16-3/h5-7H,1-4H3/t7-/m0/s1. The van der Waals surface area contributed by atoms with Gasteiger partial charge < -0.3 is 14.2 Å². The summed E-state index contributed by atoms with van der Waals surface area (Å²) in [5, 5.41) is 3.63. The van der Waals surface area contributed by atoms with Gasteiger partial charge in [0.15, 0.2) is 11.5 Å². The zero-order chi connectivity index (χ0) is 12.8. The molecule has 0 saturated carbocycles. The minimum atomic E-state index is -0.297. The molecule has 0 spiro atoms. The summed E-state index contributed by atoms with van der Waals surface area (Å²) in [7, 11) is 4.62. The van der Waals surface area contributed by atoms with E-state index in [9.17, 15) is 0 Å². The Balaban J connectivity index is 3.31. The lowest BCUT2D eigenvalue weighted by molar-refractivity contribution is 0.323. The van der Waals surface area contributed by atoms with Gasteiger partial charge in [-0.1, -0.05) is 12.0 Å². The molecule has 0 aliphatic carbocycles. The number of nitrogens with zero attached hydrogens (tertiary/aromatic N) is 3. The van der Waals surface area contributed by atoms with Crippen molar-refractivity contribution in [2.45, 2.75) is 13.0 Å². The Morgan fingerprint density at radius 3 is 2.00 bits per heavy atom. The van der Waals surface area contributed by atoms with Crippen LogP contribution in [0.5, 0.6) is 17.2 Å². The molecule has 0 fully saturated rings. The van der Waals surface area contributed by atoms with Crippen LogP contribution in [0.15, 0.2) is 17.2 Å². The summed E-state index contributed by atoms with van der Waals surface area (Å²) in [4.78, 5) is 2.78. The normalized spacial score (nSPS) is 11.3. The molecule has 17 heavy (non-hydrogen) atoms. The molecule has 0 amide bonds. The summed E-state index contributed by atoms with van der Waals surface area (Å²) in [6.45, 7) is 1.79. The van der Waals surface area contributed by atoms with Crippen LogP contribution in [0.25, 0.3) is 10.4 Å². The minimum absolute atomic E-state index is 0.297. The second-order valence-electron chi connectivity index (χ2n) is 3.34. The van der Waals surface area contributed by atoms with Crippen LogP contribution in [0.3, 0.4) is 0 Å². The van der Waals surface area contributed by atoms with Crippen LogP contribution in [-0.2, 0) is 0 Å². The molecule has 6 heteroatoms. The smallest absolute Gasteiger partial charge is 0.203 e. The molecular weight excluding hydrogens is 222 g/mol. The second kappa shape index (κ2) is 5.86. The molecule has 1 aromatic carbocycles. The molecule has 1 aromatic rings. The van der Waals surface area contributed by atoms with E-state index >= 15 is 0 Å². The van der Waals surface area contributed by atoms with Crippen molar-refractivity contribution in [1.29, 1.82) is 0 Å². The molecule has 0 unspecified atom stereocenters. The lowest BCUT2D eigenvalue weighted by Crippen LogP contribution is -1.98. The van der Waals surface area contributed by atoms with E-state index in [0.717, 1.165) is 5.56 Å². The van der Waals surface area contributed by atoms with Gasteiger partial charge in [0.1, 0.15) is 0 Å². The van der Waals surface area contributed by atoms with Gasteiger partial charge in [0.2, 0.25) is 5.75 Å². The monoisotopic (exact) mass is 237 g/mol. The SMILES string of the molecule is COc1cc([C@H](C)N=[N+]=[N-])cc(OC)c1OC. The Labute approximate surface area is 99.7 Å². The average Bonchev–Trinajstić information content (AvgIpc) is 2.37. The Hall–Kier alpha value is -2.07. The quantitative estimate of drug-likeness (QED) is 0.448. The fraction of sp³-hybridized carbons (Fsp3) is 0.455. The van der Waals surface area contributed by atoms with Crippen LogP contribution in [0.2, 0.25) is 0 Å².